The Bertz CT molecular complexity index is 2310. The second-order valence-corrected chi connectivity index (χ2v) is 14.9. The predicted molar refractivity (Wildman–Crippen MR) is 218 cm³/mol. The molecule has 2 aliphatic rings. The van der Waals surface area contributed by atoms with Gasteiger partial charge in [0.2, 0.25) is 0 Å². The zero-order valence-electron chi connectivity index (χ0n) is 28.1. The van der Waals surface area contributed by atoms with Crippen LogP contribution in [-0.4, -0.2) is 0 Å². The van der Waals surface area contributed by atoms with Gasteiger partial charge in [-0.3, -0.25) is 0 Å². The number of aryl methyl sites for hydroxylation is 1. The maximum absolute atomic E-state index is 4.52. The second kappa shape index (κ2) is 14.4. The molecule has 0 atom stereocenters. The molecule has 6 aromatic rings. The Morgan fingerprint density at radius 3 is 2.10 bits per heavy atom. The van der Waals surface area contributed by atoms with E-state index >= 15 is 0 Å². The summed E-state index contributed by atoms with van der Waals surface area (Å²) in [6.45, 7) is 6.71. The molecule has 0 radical (unpaired) electrons. The van der Waals surface area contributed by atoms with E-state index in [4.69, 9.17) is 0 Å². The first-order valence-corrected chi connectivity index (χ1v) is 18.8. The van der Waals surface area contributed by atoms with Crippen molar-refractivity contribution < 1.29 is 0 Å². The van der Waals surface area contributed by atoms with Crippen molar-refractivity contribution in [1.29, 1.82) is 0 Å². The molecule has 8 rings (SSSR count). The predicted octanol–water partition coefficient (Wildman–Crippen LogP) is 13.7. The molecular weight excluding hydrogens is 645 g/mol. The van der Waals surface area contributed by atoms with E-state index in [2.05, 4.69) is 181 Å². The number of para-hydroxylation sites is 2. The molecule has 2 nitrogen and oxygen atoms in total. The second-order valence-electron chi connectivity index (χ2n) is 12.7. The summed E-state index contributed by atoms with van der Waals surface area (Å²) in [5, 5.41) is 9.92. The monoisotopic (exact) mass is 682 g/mol. The lowest BCUT2D eigenvalue weighted by molar-refractivity contribution is 0.767. The van der Waals surface area contributed by atoms with Crippen molar-refractivity contribution in [1.82, 2.24) is 0 Å². The topological polar surface area (TPSA) is 15.3 Å². The van der Waals surface area contributed by atoms with Gasteiger partial charge in [0.25, 0.3) is 0 Å². The van der Waals surface area contributed by atoms with E-state index in [1.807, 2.05) is 11.8 Å². The standard InChI is InChI=1S/C46H38N2S2/c1-32-24-26-34-14-9-11-22-40(34)45(32)49-33(2)25-27-36-16-13-17-37(44(36)48(38-18-5-3-6-19-38)39-20-7-4-8-21-39)29-31-43-47-42-30-28-35-15-10-12-23-41(35)46(42)50-43/h3-12,14-15,18-31,47H,2,13,16-17H2,1H3/b27-25+,37-29+,43-31-. The highest BCUT2D eigenvalue weighted by atomic mass is 32.2. The number of benzene rings is 6. The van der Waals surface area contributed by atoms with Crippen LogP contribution >= 0.6 is 23.5 Å². The van der Waals surface area contributed by atoms with Gasteiger partial charge in [0.15, 0.2) is 0 Å². The van der Waals surface area contributed by atoms with Crippen molar-refractivity contribution in [3.05, 3.63) is 197 Å². The lowest BCUT2D eigenvalue weighted by Gasteiger charge is -2.34. The van der Waals surface area contributed by atoms with Crippen LogP contribution < -0.4 is 10.2 Å². The molecule has 6 aromatic carbocycles. The third-order valence-corrected chi connectivity index (χ3v) is 11.6. The Hall–Kier alpha value is -5.16. The summed E-state index contributed by atoms with van der Waals surface area (Å²) in [6, 6.07) is 47.6. The number of rotatable bonds is 8. The third kappa shape index (κ3) is 6.57. The Morgan fingerprint density at radius 2 is 1.36 bits per heavy atom. The number of thioether (sulfide) groups is 2. The van der Waals surface area contributed by atoms with Gasteiger partial charge in [-0.25, -0.2) is 0 Å². The highest BCUT2D eigenvalue weighted by Gasteiger charge is 2.25. The van der Waals surface area contributed by atoms with Crippen molar-refractivity contribution >= 4 is 62.1 Å². The van der Waals surface area contributed by atoms with Crippen molar-refractivity contribution in [2.24, 2.45) is 0 Å². The minimum absolute atomic E-state index is 0.992. The number of hydrogen-bond donors (Lipinski definition) is 1. The zero-order chi connectivity index (χ0) is 33.9. The minimum Gasteiger partial charge on any atom is -0.349 e. The lowest BCUT2D eigenvalue weighted by atomic mass is 9.89. The molecule has 0 unspecified atom stereocenters. The highest BCUT2D eigenvalue weighted by Crippen LogP contribution is 2.46. The van der Waals surface area contributed by atoms with Gasteiger partial charge in [0, 0.05) is 26.1 Å². The van der Waals surface area contributed by atoms with Crippen LogP contribution in [0.4, 0.5) is 17.1 Å². The number of fused-ring (bicyclic) bond motifs is 4. The van der Waals surface area contributed by atoms with Crippen LogP contribution in [0.3, 0.4) is 0 Å². The molecule has 1 aliphatic heterocycles. The summed E-state index contributed by atoms with van der Waals surface area (Å²) in [7, 11) is 0. The lowest BCUT2D eigenvalue weighted by Crippen LogP contribution is -2.22. The van der Waals surface area contributed by atoms with E-state index in [0.29, 0.717) is 0 Å². The Kier molecular flexibility index (Phi) is 9.21. The fraction of sp³-hybridized carbons (Fsp3) is 0.0870. The van der Waals surface area contributed by atoms with E-state index in [1.54, 1.807) is 11.8 Å². The normalized spacial score (nSPS) is 16.0. The number of nitrogens with zero attached hydrogens (tertiary/aromatic N) is 1. The summed E-state index contributed by atoms with van der Waals surface area (Å²) >= 11 is 3.58. The quantitative estimate of drug-likeness (QED) is 0.127. The first kappa shape index (κ1) is 32.1. The van der Waals surface area contributed by atoms with Crippen LogP contribution in [0.25, 0.3) is 21.5 Å². The molecule has 0 fully saturated rings. The van der Waals surface area contributed by atoms with Gasteiger partial charge < -0.3 is 10.2 Å². The van der Waals surface area contributed by atoms with Gasteiger partial charge in [-0.1, -0.05) is 145 Å². The average molecular weight is 683 g/mol. The van der Waals surface area contributed by atoms with Crippen molar-refractivity contribution in [3.63, 3.8) is 0 Å². The summed E-state index contributed by atoms with van der Waals surface area (Å²) in [4.78, 5) is 6.03. The molecule has 50 heavy (non-hydrogen) atoms. The number of anilines is 3. The van der Waals surface area contributed by atoms with Gasteiger partial charge in [0.05, 0.1) is 16.4 Å². The average Bonchev–Trinajstić information content (AvgIpc) is 3.60. The van der Waals surface area contributed by atoms with Gasteiger partial charge in [-0.2, -0.15) is 0 Å². The number of nitrogens with one attached hydrogen (secondary N) is 1. The summed E-state index contributed by atoms with van der Waals surface area (Å²) < 4.78 is 0. The van der Waals surface area contributed by atoms with Gasteiger partial charge in [-0.15, -0.1) is 0 Å². The van der Waals surface area contributed by atoms with Crippen LogP contribution in [0.5, 0.6) is 0 Å². The molecular formula is C46H38N2S2. The van der Waals surface area contributed by atoms with Crippen LogP contribution in [0.2, 0.25) is 0 Å². The van der Waals surface area contributed by atoms with Crippen LogP contribution in [0.15, 0.2) is 201 Å². The first-order valence-electron chi connectivity index (χ1n) is 17.2. The SMILES string of the molecule is C=C(/C=C/C1=C(N(c2ccccc2)c2ccccc2)C(=C/C=C2/Nc3ccc4ccccc4c3S2)/CCC1)Sc1c(C)ccc2ccccc12. The van der Waals surface area contributed by atoms with E-state index in [-0.39, 0.29) is 0 Å². The molecule has 244 valence electrons. The maximum Gasteiger partial charge on any atom is 0.0775 e. The Morgan fingerprint density at radius 1 is 0.720 bits per heavy atom. The van der Waals surface area contributed by atoms with Crippen LogP contribution in [0.1, 0.15) is 24.8 Å². The molecule has 0 aromatic heterocycles. The van der Waals surface area contributed by atoms with E-state index < -0.39 is 0 Å². The first-order chi connectivity index (χ1) is 24.6. The molecule has 0 spiro atoms. The van der Waals surface area contributed by atoms with Gasteiger partial charge in [0.1, 0.15) is 0 Å². The maximum atomic E-state index is 4.52. The minimum atomic E-state index is 0.992. The van der Waals surface area contributed by atoms with Crippen molar-refractivity contribution in [3.8, 4) is 0 Å². The molecule has 1 heterocycles. The van der Waals surface area contributed by atoms with Crippen molar-refractivity contribution in [2.75, 3.05) is 10.2 Å². The van der Waals surface area contributed by atoms with Crippen LogP contribution in [0, 0.1) is 6.92 Å². The smallest absolute Gasteiger partial charge is 0.0775 e. The molecule has 0 saturated carbocycles. The Balaban J connectivity index is 1.19. The molecule has 0 amide bonds. The van der Waals surface area contributed by atoms with E-state index in [9.17, 15) is 0 Å². The highest BCUT2D eigenvalue weighted by molar-refractivity contribution is 8.04. The molecule has 0 bridgehead atoms. The van der Waals surface area contributed by atoms with E-state index in [1.165, 1.54) is 59.4 Å². The molecule has 1 N–H and O–H groups in total. The summed E-state index contributed by atoms with van der Waals surface area (Å²) in [5.41, 5.74) is 8.61. The van der Waals surface area contributed by atoms with Crippen LogP contribution in [-0.2, 0) is 0 Å². The summed E-state index contributed by atoms with van der Waals surface area (Å²) in [6.07, 6.45) is 12.2. The molecule has 1 aliphatic carbocycles. The van der Waals surface area contributed by atoms with E-state index in [0.717, 1.165) is 40.6 Å². The third-order valence-electron chi connectivity index (χ3n) is 9.32. The van der Waals surface area contributed by atoms with Gasteiger partial charge in [-0.05, 0) is 107 Å². The van der Waals surface area contributed by atoms with Crippen molar-refractivity contribution in [2.45, 2.75) is 36.0 Å². The fourth-order valence-electron chi connectivity index (χ4n) is 6.90. The molecule has 0 saturated heterocycles. The number of allylic oxidation sites excluding steroid dienone is 6. The zero-order valence-corrected chi connectivity index (χ0v) is 29.7. The Labute approximate surface area is 303 Å². The number of hydrogen-bond acceptors (Lipinski definition) is 4. The largest absolute Gasteiger partial charge is 0.349 e. The summed E-state index contributed by atoms with van der Waals surface area (Å²) in [5.74, 6) is 0. The van der Waals surface area contributed by atoms with Gasteiger partial charge >= 0.3 is 0 Å². The fourth-order valence-corrected chi connectivity index (χ4v) is 8.87. The molecule has 4 heteroatoms.